The number of aryl methyl sites for hydroxylation is 1. The van der Waals surface area contributed by atoms with Gasteiger partial charge in [0.05, 0.1) is 6.54 Å². The Morgan fingerprint density at radius 3 is 2.44 bits per heavy atom. The Balaban J connectivity index is 1.60. The van der Waals surface area contributed by atoms with Crippen LogP contribution in [0.2, 0.25) is 0 Å². The zero-order valence-electron chi connectivity index (χ0n) is 15.7. The maximum Gasteiger partial charge on any atom is 0.240 e. The van der Waals surface area contributed by atoms with Crippen molar-refractivity contribution in [3.63, 3.8) is 0 Å². The minimum atomic E-state index is 0.293. The monoisotopic (exact) mass is 345 g/mol. The Kier molecular flexibility index (Phi) is 5.17. The van der Waals surface area contributed by atoms with Crippen LogP contribution in [0.1, 0.15) is 37.2 Å². The average Bonchev–Trinajstić information content (AvgIpc) is 3.04. The molecule has 1 aliphatic rings. The number of piperazine rings is 1. The third-order valence-corrected chi connectivity index (χ3v) is 4.28. The minimum Gasteiger partial charge on any atom is -0.354 e. The molecule has 2 aromatic heterocycles. The lowest BCUT2D eigenvalue weighted by Gasteiger charge is -2.35. The molecule has 0 spiro atoms. The minimum absolute atomic E-state index is 0.293. The van der Waals surface area contributed by atoms with Crippen molar-refractivity contribution >= 4 is 11.8 Å². The number of anilines is 2. The van der Waals surface area contributed by atoms with Crippen LogP contribution in [-0.2, 0) is 6.54 Å². The van der Waals surface area contributed by atoms with Gasteiger partial charge >= 0.3 is 0 Å². The lowest BCUT2D eigenvalue weighted by Crippen LogP contribution is -2.46. The Morgan fingerprint density at radius 2 is 1.84 bits per heavy atom. The highest BCUT2D eigenvalue weighted by molar-refractivity contribution is 5.45. The van der Waals surface area contributed by atoms with Crippen LogP contribution in [0, 0.1) is 6.92 Å². The lowest BCUT2D eigenvalue weighted by molar-refractivity contribution is 0.215. The van der Waals surface area contributed by atoms with Gasteiger partial charge in [-0.25, -0.2) is 4.98 Å². The molecule has 1 saturated heterocycles. The number of rotatable bonds is 5. The summed E-state index contributed by atoms with van der Waals surface area (Å²) in [6, 6.07) is 2.05. The molecule has 0 atom stereocenters. The van der Waals surface area contributed by atoms with Gasteiger partial charge in [-0.2, -0.15) is 9.97 Å². The first kappa shape index (κ1) is 17.6. The average molecular weight is 345 g/mol. The highest BCUT2D eigenvalue weighted by Crippen LogP contribution is 2.19. The van der Waals surface area contributed by atoms with E-state index in [9.17, 15) is 0 Å². The van der Waals surface area contributed by atoms with Crippen molar-refractivity contribution in [1.82, 2.24) is 25.0 Å². The summed E-state index contributed by atoms with van der Waals surface area (Å²) >= 11 is 0. The van der Waals surface area contributed by atoms with E-state index >= 15 is 0 Å². The molecule has 1 aliphatic heterocycles. The standard InChI is InChI=1S/C17H27N7O/c1-12(2)16-20-15(25-21-16)11-23-6-8-24(9-7-23)14-10-13(3)18-17(19-14)22(4)5/h10,12H,6-9,11H2,1-5H3. The van der Waals surface area contributed by atoms with E-state index in [0.717, 1.165) is 49.5 Å². The molecule has 0 saturated carbocycles. The predicted octanol–water partition coefficient (Wildman–Crippen LogP) is 1.68. The molecule has 0 aromatic carbocycles. The molecule has 0 N–H and O–H groups in total. The second-order valence-corrected chi connectivity index (χ2v) is 7.03. The van der Waals surface area contributed by atoms with Crippen LogP contribution in [0.3, 0.4) is 0 Å². The third-order valence-electron chi connectivity index (χ3n) is 4.28. The Bertz CT molecular complexity index is 705. The van der Waals surface area contributed by atoms with Crippen LogP contribution in [0.5, 0.6) is 0 Å². The van der Waals surface area contributed by atoms with Crippen molar-refractivity contribution in [2.24, 2.45) is 0 Å². The smallest absolute Gasteiger partial charge is 0.240 e. The summed E-state index contributed by atoms with van der Waals surface area (Å²) in [6.45, 7) is 10.6. The van der Waals surface area contributed by atoms with E-state index in [-0.39, 0.29) is 0 Å². The molecule has 0 amide bonds. The molecular formula is C17H27N7O. The van der Waals surface area contributed by atoms with E-state index in [2.05, 4.69) is 49.8 Å². The van der Waals surface area contributed by atoms with Crippen LogP contribution in [0.25, 0.3) is 0 Å². The first-order chi connectivity index (χ1) is 11.9. The zero-order chi connectivity index (χ0) is 18.0. The maximum atomic E-state index is 5.36. The largest absolute Gasteiger partial charge is 0.354 e. The van der Waals surface area contributed by atoms with E-state index in [1.54, 1.807) is 0 Å². The summed E-state index contributed by atoms with van der Waals surface area (Å²) in [5.74, 6) is 3.52. The van der Waals surface area contributed by atoms with E-state index in [1.165, 1.54) is 0 Å². The Labute approximate surface area is 148 Å². The molecule has 3 rings (SSSR count). The molecule has 0 radical (unpaired) electrons. The Morgan fingerprint density at radius 1 is 1.12 bits per heavy atom. The summed E-state index contributed by atoms with van der Waals surface area (Å²) in [4.78, 5) is 20.2. The van der Waals surface area contributed by atoms with Crippen LogP contribution in [-0.4, -0.2) is 65.3 Å². The highest BCUT2D eigenvalue weighted by atomic mass is 16.5. The van der Waals surface area contributed by atoms with Crippen LogP contribution in [0.15, 0.2) is 10.6 Å². The van der Waals surface area contributed by atoms with Gasteiger partial charge in [-0.15, -0.1) is 0 Å². The number of hydrogen-bond acceptors (Lipinski definition) is 8. The number of nitrogens with zero attached hydrogens (tertiary/aromatic N) is 7. The molecule has 2 aromatic rings. The van der Waals surface area contributed by atoms with E-state index in [1.807, 2.05) is 25.9 Å². The second kappa shape index (κ2) is 7.35. The van der Waals surface area contributed by atoms with E-state index in [0.29, 0.717) is 18.4 Å². The van der Waals surface area contributed by atoms with Gasteiger partial charge < -0.3 is 14.3 Å². The molecule has 8 heteroatoms. The first-order valence-corrected chi connectivity index (χ1v) is 8.75. The Hall–Kier alpha value is -2.22. The number of aromatic nitrogens is 4. The second-order valence-electron chi connectivity index (χ2n) is 7.03. The lowest BCUT2D eigenvalue weighted by atomic mass is 10.2. The SMILES string of the molecule is Cc1cc(N2CCN(Cc3nc(C(C)C)no3)CC2)nc(N(C)C)n1. The van der Waals surface area contributed by atoms with E-state index < -0.39 is 0 Å². The van der Waals surface area contributed by atoms with Crippen molar-refractivity contribution < 1.29 is 4.52 Å². The highest BCUT2D eigenvalue weighted by Gasteiger charge is 2.21. The van der Waals surface area contributed by atoms with Crippen LogP contribution in [0.4, 0.5) is 11.8 Å². The van der Waals surface area contributed by atoms with Crippen molar-refractivity contribution in [3.8, 4) is 0 Å². The van der Waals surface area contributed by atoms with Crippen molar-refractivity contribution in [1.29, 1.82) is 0 Å². The fraction of sp³-hybridized carbons (Fsp3) is 0.647. The molecular weight excluding hydrogens is 318 g/mol. The van der Waals surface area contributed by atoms with Gasteiger partial charge in [0.2, 0.25) is 11.8 Å². The van der Waals surface area contributed by atoms with Crippen molar-refractivity contribution in [3.05, 3.63) is 23.5 Å². The van der Waals surface area contributed by atoms with Crippen molar-refractivity contribution in [2.45, 2.75) is 33.2 Å². The number of hydrogen-bond donors (Lipinski definition) is 0. The molecule has 1 fully saturated rings. The molecule has 8 nitrogen and oxygen atoms in total. The first-order valence-electron chi connectivity index (χ1n) is 8.75. The van der Waals surface area contributed by atoms with Gasteiger partial charge in [-0.1, -0.05) is 19.0 Å². The fourth-order valence-corrected chi connectivity index (χ4v) is 2.79. The summed E-state index contributed by atoms with van der Waals surface area (Å²) in [5, 5.41) is 4.03. The van der Waals surface area contributed by atoms with Crippen molar-refractivity contribution in [2.75, 3.05) is 50.1 Å². The molecule has 3 heterocycles. The fourth-order valence-electron chi connectivity index (χ4n) is 2.79. The van der Waals surface area contributed by atoms with Crippen LogP contribution >= 0.6 is 0 Å². The van der Waals surface area contributed by atoms with E-state index in [4.69, 9.17) is 4.52 Å². The topological polar surface area (TPSA) is 74.4 Å². The summed E-state index contributed by atoms with van der Waals surface area (Å²) in [7, 11) is 3.93. The normalized spacial score (nSPS) is 15.8. The predicted molar refractivity (Wildman–Crippen MR) is 97.0 cm³/mol. The van der Waals surface area contributed by atoms with Gasteiger partial charge in [-0.05, 0) is 6.92 Å². The zero-order valence-corrected chi connectivity index (χ0v) is 15.7. The van der Waals surface area contributed by atoms with Gasteiger partial charge in [0.15, 0.2) is 5.82 Å². The quantitative estimate of drug-likeness (QED) is 0.810. The summed E-state index contributed by atoms with van der Waals surface area (Å²) < 4.78 is 5.36. The summed E-state index contributed by atoms with van der Waals surface area (Å²) in [5.41, 5.74) is 0.989. The molecule has 0 aliphatic carbocycles. The third kappa shape index (κ3) is 4.25. The summed E-state index contributed by atoms with van der Waals surface area (Å²) in [6.07, 6.45) is 0. The van der Waals surface area contributed by atoms with Gasteiger partial charge in [0.1, 0.15) is 5.82 Å². The maximum absolute atomic E-state index is 5.36. The molecule has 0 unspecified atom stereocenters. The molecule has 25 heavy (non-hydrogen) atoms. The van der Waals surface area contributed by atoms with Gasteiger partial charge in [0, 0.05) is 58.0 Å². The van der Waals surface area contributed by atoms with Gasteiger partial charge in [0.25, 0.3) is 0 Å². The van der Waals surface area contributed by atoms with Gasteiger partial charge in [-0.3, -0.25) is 4.90 Å². The molecule has 136 valence electrons. The molecule has 0 bridgehead atoms. The van der Waals surface area contributed by atoms with Crippen LogP contribution < -0.4 is 9.80 Å².